The lowest BCUT2D eigenvalue weighted by atomic mass is 9.97. The number of rotatable bonds is 1. The fraction of sp³-hybridized carbons (Fsp3) is 0.250. The van der Waals surface area contributed by atoms with Crippen molar-refractivity contribution >= 4 is 5.78 Å². The van der Waals surface area contributed by atoms with E-state index in [-0.39, 0.29) is 11.5 Å². The molecule has 0 heterocycles. The molecule has 0 aromatic rings. The highest BCUT2D eigenvalue weighted by Crippen LogP contribution is 2.17. The van der Waals surface area contributed by atoms with Crippen molar-refractivity contribution in [1.82, 2.24) is 0 Å². The van der Waals surface area contributed by atoms with Crippen LogP contribution in [0.15, 0.2) is 24.0 Å². The Bertz CT molecular complexity index is 201. The van der Waals surface area contributed by atoms with E-state index in [2.05, 4.69) is 0 Å². The van der Waals surface area contributed by atoms with Gasteiger partial charge in [0.2, 0.25) is 0 Å². The second kappa shape index (κ2) is 2.69. The summed E-state index contributed by atoms with van der Waals surface area (Å²) in [6.07, 6.45) is 5.35. The summed E-state index contributed by atoms with van der Waals surface area (Å²) in [5, 5.41) is 8.86. The summed E-state index contributed by atoms with van der Waals surface area (Å²) in [7, 11) is 0. The average Bonchev–Trinajstić information content (AvgIpc) is 1.88. The minimum Gasteiger partial charge on any atom is -0.508 e. The van der Waals surface area contributed by atoms with Crippen molar-refractivity contribution in [3.05, 3.63) is 29.9 Å². The third-order valence-corrected chi connectivity index (χ3v) is 1.44. The Kier molecular flexibility index (Phi) is 1.90. The molecule has 1 aliphatic rings. The molecule has 0 aromatic heterocycles. The Morgan fingerprint density at radius 1 is 1.60 bits per heavy atom. The molecule has 2 heteroatoms. The molecule has 1 radical (unpaired) electrons. The Morgan fingerprint density at radius 3 is 2.70 bits per heavy atom. The standard InChI is InChI=1S/C8H9O2/c1-6(9)7-2-4-8(10)5-3-7/h2,4-5,10H,3H2,1H3. The van der Waals surface area contributed by atoms with Crippen LogP contribution in [0.4, 0.5) is 0 Å². The van der Waals surface area contributed by atoms with E-state index in [1.54, 1.807) is 12.2 Å². The molecule has 0 unspecified atom stereocenters. The first-order valence-corrected chi connectivity index (χ1v) is 3.14. The SMILES string of the molecule is CC(=O)[C]1C=CC(O)=CC1. The highest BCUT2D eigenvalue weighted by atomic mass is 16.3. The maximum Gasteiger partial charge on any atom is 0.141 e. The minimum atomic E-state index is 0.0694. The molecule has 10 heavy (non-hydrogen) atoms. The molecule has 0 aromatic carbocycles. The van der Waals surface area contributed by atoms with E-state index < -0.39 is 0 Å². The summed E-state index contributed by atoms with van der Waals surface area (Å²) >= 11 is 0. The molecular weight excluding hydrogens is 128 g/mol. The maximum absolute atomic E-state index is 10.7. The molecular formula is C8H9O2. The monoisotopic (exact) mass is 137 g/mol. The van der Waals surface area contributed by atoms with Crippen LogP contribution in [0.2, 0.25) is 0 Å². The van der Waals surface area contributed by atoms with Crippen LogP contribution in [-0.4, -0.2) is 10.9 Å². The Morgan fingerprint density at radius 2 is 2.30 bits per heavy atom. The minimum absolute atomic E-state index is 0.0694. The van der Waals surface area contributed by atoms with Gasteiger partial charge in [0.1, 0.15) is 11.5 Å². The molecule has 0 fully saturated rings. The second-order valence-corrected chi connectivity index (χ2v) is 2.25. The average molecular weight is 137 g/mol. The summed E-state index contributed by atoms with van der Waals surface area (Å²) in [6, 6.07) is 0. The number of aliphatic hydroxyl groups is 1. The molecule has 0 atom stereocenters. The van der Waals surface area contributed by atoms with E-state index in [1.807, 2.05) is 0 Å². The second-order valence-electron chi connectivity index (χ2n) is 2.25. The summed E-state index contributed by atoms with van der Waals surface area (Å²) in [5.74, 6) is 1.06. The number of carbonyl (C=O) groups is 1. The number of hydrogen-bond donors (Lipinski definition) is 1. The van der Waals surface area contributed by atoms with Crippen molar-refractivity contribution in [2.24, 2.45) is 0 Å². The predicted molar refractivity (Wildman–Crippen MR) is 38.4 cm³/mol. The summed E-state index contributed by atoms with van der Waals surface area (Å²) in [5.41, 5.74) is 0. The van der Waals surface area contributed by atoms with E-state index in [1.165, 1.54) is 13.0 Å². The van der Waals surface area contributed by atoms with Gasteiger partial charge in [-0.05, 0) is 25.5 Å². The number of Topliss-reactive ketones (excluding diaryl/α,β-unsaturated/α-hetero) is 1. The highest BCUT2D eigenvalue weighted by molar-refractivity contribution is 5.92. The van der Waals surface area contributed by atoms with Crippen molar-refractivity contribution in [2.75, 3.05) is 0 Å². The van der Waals surface area contributed by atoms with Gasteiger partial charge in [-0.3, -0.25) is 4.79 Å². The molecule has 0 saturated carbocycles. The van der Waals surface area contributed by atoms with Gasteiger partial charge >= 0.3 is 0 Å². The molecule has 53 valence electrons. The van der Waals surface area contributed by atoms with Gasteiger partial charge in [0.05, 0.1) is 5.92 Å². The van der Waals surface area contributed by atoms with E-state index in [4.69, 9.17) is 5.11 Å². The van der Waals surface area contributed by atoms with Gasteiger partial charge in [-0.2, -0.15) is 0 Å². The molecule has 0 bridgehead atoms. The van der Waals surface area contributed by atoms with Crippen LogP contribution in [0.3, 0.4) is 0 Å². The van der Waals surface area contributed by atoms with Crippen molar-refractivity contribution in [3.63, 3.8) is 0 Å². The molecule has 0 amide bonds. The number of hydrogen-bond acceptors (Lipinski definition) is 2. The van der Waals surface area contributed by atoms with Crippen LogP contribution in [0.25, 0.3) is 0 Å². The van der Waals surface area contributed by atoms with E-state index in [9.17, 15) is 4.79 Å². The van der Waals surface area contributed by atoms with E-state index >= 15 is 0 Å². The van der Waals surface area contributed by atoms with Gasteiger partial charge in [-0.1, -0.05) is 6.08 Å². The summed E-state index contributed by atoms with van der Waals surface area (Å²) in [6.45, 7) is 1.52. The molecule has 2 nitrogen and oxygen atoms in total. The number of aliphatic hydroxyl groups excluding tert-OH is 1. The van der Waals surface area contributed by atoms with Gasteiger partial charge in [-0.15, -0.1) is 0 Å². The number of allylic oxidation sites excluding steroid dienone is 3. The smallest absolute Gasteiger partial charge is 0.141 e. The van der Waals surface area contributed by atoms with E-state index in [0.29, 0.717) is 6.42 Å². The zero-order valence-corrected chi connectivity index (χ0v) is 5.79. The van der Waals surface area contributed by atoms with Crippen LogP contribution in [-0.2, 0) is 4.79 Å². The molecule has 1 rings (SSSR count). The van der Waals surface area contributed by atoms with Gasteiger partial charge in [0.15, 0.2) is 0 Å². The zero-order chi connectivity index (χ0) is 7.56. The Labute approximate surface area is 59.9 Å². The maximum atomic E-state index is 10.7. The van der Waals surface area contributed by atoms with Crippen LogP contribution >= 0.6 is 0 Å². The third-order valence-electron chi connectivity index (χ3n) is 1.44. The van der Waals surface area contributed by atoms with Crippen molar-refractivity contribution in [2.45, 2.75) is 13.3 Å². The zero-order valence-electron chi connectivity index (χ0n) is 5.79. The molecule has 0 aliphatic heterocycles. The van der Waals surface area contributed by atoms with Gasteiger partial charge in [-0.25, -0.2) is 0 Å². The molecule has 0 saturated heterocycles. The number of carbonyl (C=O) groups excluding carboxylic acids is 1. The van der Waals surface area contributed by atoms with Gasteiger partial charge in [0, 0.05) is 0 Å². The first-order chi connectivity index (χ1) is 4.70. The largest absolute Gasteiger partial charge is 0.508 e. The van der Waals surface area contributed by atoms with Crippen LogP contribution < -0.4 is 0 Å². The molecule has 1 aliphatic carbocycles. The highest BCUT2D eigenvalue weighted by Gasteiger charge is 2.12. The van der Waals surface area contributed by atoms with Crippen LogP contribution in [0, 0.1) is 5.92 Å². The van der Waals surface area contributed by atoms with Crippen molar-refractivity contribution in [1.29, 1.82) is 0 Å². The first kappa shape index (κ1) is 7.06. The summed E-state index contributed by atoms with van der Waals surface area (Å²) in [4.78, 5) is 10.7. The van der Waals surface area contributed by atoms with Crippen LogP contribution in [0.5, 0.6) is 0 Å². The normalized spacial score (nSPS) is 18.7. The Hall–Kier alpha value is -1.05. The van der Waals surface area contributed by atoms with Crippen molar-refractivity contribution in [3.8, 4) is 0 Å². The third kappa shape index (κ3) is 1.47. The summed E-state index contributed by atoms with van der Waals surface area (Å²) < 4.78 is 0. The first-order valence-electron chi connectivity index (χ1n) is 3.14. The lowest BCUT2D eigenvalue weighted by Crippen LogP contribution is -2.06. The van der Waals surface area contributed by atoms with Crippen molar-refractivity contribution < 1.29 is 9.90 Å². The lowest BCUT2D eigenvalue weighted by Gasteiger charge is -2.08. The van der Waals surface area contributed by atoms with Gasteiger partial charge < -0.3 is 5.11 Å². The number of ketones is 1. The van der Waals surface area contributed by atoms with E-state index in [0.717, 1.165) is 5.92 Å². The Balaban J connectivity index is 2.60. The van der Waals surface area contributed by atoms with Gasteiger partial charge in [0.25, 0.3) is 0 Å². The molecule has 0 spiro atoms. The quantitative estimate of drug-likeness (QED) is 0.595. The fourth-order valence-corrected chi connectivity index (χ4v) is 0.798. The topological polar surface area (TPSA) is 37.3 Å². The lowest BCUT2D eigenvalue weighted by molar-refractivity contribution is -0.114. The predicted octanol–water partition coefficient (Wildman–Crippen LogP) is 1.55. The fourth-order valence-electron chi connectivity index (χ4n) is 0.798. The molecule has 1 N–H and O–H groups in total. The van der Waals surface area contributed by atoms with Crippen LogP contribution in [0.1, 0.15) is 13.3 Å².